The van der Waals surface area contributed by atoms with E-state index in [1.807, 2.05) is 61.5 Å². The van der Waals surface area contributed by atoms with Crippen molar-refractivity contribution in [1.82, 2.24) is 10.6 Å². The number of benzene rings is 2. The molecule has 0 radical (unpaired) electrons. The molecule has 1 heterocycles. The summed E-state index contributed by atoms with van der Waals surface area (Å²) in [6, 6.07) is 18.1. The molecular formula is C22H24N2O3S. The Balaban J connectivity index is 1.38. The van der Waals surface area contributed by atoms with E-state index in [9.17, 15) is 4.79 Å². The Hall–Kier alpha value is -2.86. The number of hydrogen-bond acceptors (Lipinski definition) is 4. The Morgan fingerprint density at radius 1 is 1.07 bits per heavy atom. The third kappa shape index (κ3) is 5.82. The van der Waals surface area contributed by atoms with E-state index in [-0.39, 0.29) is 5.97 Å². The molecule has 6 heteroatoms. The number of aryl methyl sites for hydroxylation is 1. The number of nitrogens with one attached hydrogen (secondary N) is 2. The predicted molar refractivity (Wildman–Crippen MR) is 113 cm³/mol. The summed E-state index contributed by atoms with van der Waals surface area (Å²) in [6.07, 6.45) is 1.60. The summed E-state index contributed by atoms with van der Waals surface area (Å²) in [7, 11) is 0. The quantitative estimate of drug-likeness (QED) is 0.405. The monoisotopic (exact) mass is 396 g/mol. The number of esters is 1. The number of ether oxygens (including phenoxy) is 2. The van der Waals surface area contributed by atoms with Crippen molar-refractivity contribution in [3.8, 4) is 5.75 Å². The Kier molecular flexibility index (Phi) is 7.03. The normalized spacial score (nSPS) is 13.5. The SMILES string of the molecule is CC1=C(C(=O)OCCCc2ccc(OCc3ccccc3)cc2)CNC(=S)N1. The summed E-state index contributed by atoms with van der Waals surface area (Å²) in [4.78, 5) is 12.1. The first-order valence-corrected chi connectivity index (χ1v) is 9.70. The van der Waals surface area contributed by atoms with Gasteiger partial charge >= 0.3 is 5.97 Å². The average molecular weight is 397 g/mol. The number of allylic oxidation sites excluding steroid dienone is 1. The maximum absolute atomic E-state index is 12.1. The van der Waals surface area contributed by atoms with Gasteiger partial charge in [0.2, 0.25) is 0 Å². The zero-order chi connectivity index (χ0) is 19.8. The van der Waals surface area contributed by atoms with Crippen molar-refractivity contribution in [3.05, 3.63) is 77.0 Å². The topological polar surface area (TPSA) is 59.6 Å². The van der Waals surface area contributed by atoms with E-state index in [0.717, 1.165) is 29.9 Å². The molecule has 0 unspecified atom stereocenters. The van der Waals surface area contributed by atoms with Crippen molar-refractivity contribution < 1.29 is 14.3 Å². The predicted octanol–water partition coefficient (Wildman–Crippen LogP) is 3.49. The van der Waals surface area contributed by atoms with Gasteiger partial charge in [0.15, 0.2) is 5.11 Å². The van der Waals surface area contributed by atoms with Gasteiger partial charge in [0.1, 0.15) is 12.4 Å². The Labute approximate surface area is 170 Å². The number of carbonyl (C=O) groups excluding carboxylic acids is 1. The smallest absolute Gasteiger partial charge is 0.337 e. The molecule has 0 spiro atoms. The highest BCUT2D eigenvalue weighted by Gasteiger charge is 2.19. The molecule has 0 fully saturated rings. The molecule has 0 bridgehead atoms. The van der Waals surface area contributed by atoms with Crippen LogP contribution in [0.1, 0.15) is 24.5 Å². The van der Waals surface area contributed by atoms with E-state index >= 15 is 0 Å². The highest BCUT2D eigenvalue weighted by atomic mass is 32.1. The van der Waals surface area contributed by atoms with Crippen LogP contribution < -0.4 is 15.4 Å². The van der Waals surface area contributed by atoms with Crippen molar-refractivity contribution in [3.63, 3.8) is 0 Å². The van der Waals surface area contributed by atoms with Crippen molar-refractivity contribution in [2.24, 2.45) is 0 Å². The minimum Gasteiger partial charge on any atom is -0.489 e. The minimum absolute atomic E-state index is 0.301. The standard InChI is InChI=1S/C22H24N2O3S/c1-16-20(14-23-22(28)24-16)21(25)26-13-5-8-17-9-11-19(12-10-17)27-15-18-6-3-2-4-7-18/h2-4,6-7,9-12H,5,8,13-15H2,1H3,(H2,23,24,28). The summed E-state index contributed by atoms with van der Waals surface area (Å²) in [5.74, 6) is 0.543. The van der Waals surface area contributed by atoms with Gasteiger partial charge < -0.3 is 20.1 Å². The van der Waals surface area contributed by atoms with Gasteiger partial charge in [-0.05, 0) is 55.2 Å². The Morgan fingerprint density at radius 2 is 1.82 bits per heavy atom. The molecule has 2 aromatic rings. The van der Waals surface area contributed by atoms with Gasteiger partial charge in [-0.3, -0.25) is 0 Å². The van der Waals surface area contributed by atoms with Crippen LogP contribution in [0.15, 0.2) is 65.9 Å². The van der Waals surface area contributed by atoms with E-state index in [4.69, 9.17) is 21.7 Å². The molecule has 2 aromatic carbocycles. The zero-order valence-electron chi connectivity index (χ0n) is 15.9. The summed E-state index contributed by atoms with van der Waals surface area (Å²) < 4.78 is 11.2. The van der Waals surface area contributed by atoms with Crippen LogP contribution in [-0.4, -0.2) is 24.2 Å². The first-order chi connectivity index (χ1) is 13.6. The molecule has 0 amide bonds. The van der Waals surface area contributed by atoms with Crippen LogP contribution in [0.25, 0.3) is 0 Å². The van der Waals surface area contributed by atoms with E-state index in [1.165, 1.54) is 5.56 Å². The van der Waals surface area contributed by atoms with Gasteiger partial charge in [-0.1, -0.05) is 42.5 Å². The number of carbonyl (C=O) groups is 1. The molecular weight excluding hydrogens is 372 g/mol. The third-order valence-corrected chi connectivity index (χ3v) is 4.69. The average Bonchev–Trinajstić information content (AvgIpc) is 2.71. The lowest BCUT2D eigenvalue weighted by Gasteiger charge is -2.20. The van der Waals surface area contributed by atoms with Crippen molar-refractivity contribution in [1.29, 1.82) is 0 Å². The number of thiocarbonyl (C=S) groups is 1. The van der Waals surface area contributed by atoms with Crippen LogP contribution in [0.2, 0.25) is 0 Å². The highest BCUT2D eigenvalue weighted by Crippen LogP contribution is 2.15. The number of hydrogen-bond donors (Lipinski definition) is 2. The van der Waals surface area contributed by atoms with Gasteiger partial charge in [-0.15, -0.1) is 0 Å². The first kappa shape index (κ1) is 19.9. The second-order valence-corrected chi connectivity index (χ2v) is 6.98. The van der Waals surface area contributed by atoms with Gasteiger partial charge in [0.05, 0.1) is 18.7 Å². The molecule has 5 nitrogen and oxygen atoms in total. The molecule has 0 saturated carbocycles. The molecule has 0 aliphatic carbocycles. The second kappa shape index (κ2) is 9.90. The lowest BCUT2D eigenvalue weighted by Crippen LogP contribution is -2.42. The molecule has 3 rings (SSSR count). The van der Waals surface area contributed by atoms with Crippen molar-refractivity contribution >= 4 is 23.3 Å². The van der Waals surface area contributed by atoms with Crippen LogP contribution in [0.4, 0.5) is 0 Å². The summed E-state index contributed by atoms with van der Waals surface area (Å²) in [6.45, 7) is 3.16. The summed E-state index contributed by atoms with van der Waals surface area (Å²) in [5, 5.41) is 6.41. The number of rotatable bonds is 8. The Morgan fingerprint density at radius 3 is 2.54 bits per heavy atom. The molecule has 0 aromatic heterocycles. The van der Waals surface area contributed by atoms with Gasteiger partial charge in [-0.2, -0.15) is 0 Å². The van der Waals surface area contributed by atoms with Crippen molar-refractivity contribution in [2.75, 3.05) is 13.2 Å². The van der Waals surface area contributed by atoms with Crippen LogP contribution in [0.5, 0.6) is 5.75 Å². The maximum Gasteiger partial charge on any atom is 0.337 e. The van der Waals surface area contributed by atoms with Crippen LogP contribution in [0, 0.1) is 0 Å². The van der Waals surface area contributed by atoms with Crippen LogP contribution >= 0.6 is 12.2 Å². The second-order valence-electron chi connectivity index (χ2n) is 6.57. The fourth-order valence-corrected chi connectivity index (χ4v) is 3.06. The maximum atomic E-state index is 12.1. The summed E-state index contributed by atoms with van der Waals surface area (Å²) in [5.41, 5.74) is 3.67. The van der Waals surface area contributed by atoms with Gasteiger partial charge in [0.25, 0.3) is 0 Å². The van der Waals surface area contributed by atoms with Crippen LogP contribution in [-0.2, 0) is 22.6 Å². The lowest BCUT2D eigenvalue weighted by molar-refractivity contribution is -0.139. The molecule has 0 saturated heterocycles. The molecule has 0 atom stereocenters. The fourth-order valence-electron chi connectivity index (χ4n) is 2.84. The largest absolute Gasteiger partial charge is 0.489 e. The van der Waals surface area contributed by atoms with Crippen molar-refractivity contribution in [2.45, 2.75) is 26.4 Å². The highest BCUT2D eigenvalue weighted by molar-refractivity contribution is 7.80. The molecule has 28 heavy (non-hydrogen) atoms. The Bertz CT molecular complexity index is 848. The van der Waals surface area contributed by atoms with E-state index < -0.39 is 0 Å². The third-order valence-electron chi connectivity index (χ3n) is 4.44. The molecule has 146 valence electrons. The van der Waals surface area contributed by atoms with Gasteiger partial charge in [0, 0.05) is 5.70 Å². The molecule has 1 aliphatic heterocycles. The summed E-state index contributed by atoms with van der Waals surface area (Å²) >= 11 is 5.02. The fraction of sp³-hybridized carbons (Fsp3) is 0.273. The first-order valence-electron chi connectivity index (χ1n) is 9.29. The van der Waals surface area contributed by atoms with Crippen LogP contribution in [0.3, 0.4) is 0 Å². The lowest BCUT2D eigenvalue weighted by atomic mass is 10.1. The zero-order valence-corrected chi connectivity index (χ0v) is 16.7. The molecule has 1 aliphatic rings. The van der Waals surface area contributed by atoms with E-state index in [1.54, 1.807) is 0 Å². The van der Waals surface area contributed by atoms with E-state index in [0.29, 0.717) is 30.4 Å². The van der Waals surface area contributed by atoms with E-state index in [2.05, 4.69) is 10.6 Å². The minimum atomic E-state index is -0.301. The van der Waals surface area contributed by atoms with Gasteiger partial charge in [-0.25, -0.2) is 4.79 Å². The molecule has 2 N–H and O–H groups in total.